The van der Waals surface area contributed by atoms with E-state index in [4.69, 9.17) is 9.47 Å². The van der Waals surface area contributed by atoms with E-state index in [0.717, 1.165) is 18.7 Å². The largest absolute Gasteiger partial charge is 0.489 e. The average Bonchev–Trinajstić information content (AvgIpc) is 2.70. The molecule has 0 aliphatic carbocycles. The van der Waals surface area contributed by atoms with E-state index in [1.807, 2.05) is 33.8 Å². The molecule has 0 amide bonds. The van der Waals surface area contributed by atoms with Gasteiger partial charge < -0.3 is 14.8 Å². The lowest BCUT2D eigenvalue weighted by atomic mass is 10.1. The Bertz CT molecular complexity index is 879. The number of ether oxygens (including phenoxy) is 2. The molecule has 7 nitrogen and oxygen atoms in total. The van der Waals surface area contributed by atoms with E-state index < -0.39 is 17.0 Å². The summed E-state index contributed by atoms with van der Waals surface area (Å²) in [7, 11) is 0. The Balaban J connectivity index is 1.94. The number of aryl methyl sites for hydroxylation is 1. The number of esters is 1. The first-order chi connectivity index (χ1) is 15.7. The third kappa shape index (κ3) is 8.14. The molecule has 1 heterocycles. The van der Waals surface area contributed by atoms with Crippen molar-refractivity contribution in [3.05, 3.63) is 23.5 Å². The Morgan fingerprint density at radius 1 is 1.21 bits per heavy atom. The molecular weight excluding hydrogens is 435 g/mol. The highest BCUT2D eigenvalue weighted by Crippen LogP contribution is 2.29. The van der Waals surface area contributed by atoms with Crippen molar-refractivity contribution >= 4 is 11.7 Å². The Morgan fingerprint density at radius 2 is 1.82 bits per heavy atom. The number of hydrogen-bond donors (Lipinski definition) is 1. The second-order valence-corrected chi connectivity index (χ2v) is 10.7. The Labute approximate surface area is 204 Å². The van der Waals surface area contributed by atoms with Crippen molar-refractivity contribution in [1.29, 1.82) is 5.26 Å². The van der Waals surface area contributed by atoms with E-state index in [-0.39, 0.29) is 30.3 Å². The van der Waals surface area contributed by atoms with Crippen LogP contribution in [-0.2, 0) is 16.0 Å². The minimum absolute atomic E-state index is 0.188. The maximum absolute atomic E-state index is 14.8. The van der Waals surface area contributed by atoms with E-state index in [9.17, 15) is 14.4 Å². The summed E-state index contributed by atoms with van der Waals surface area (Å²) < 4.78 is 26.2. The minimum Gasteiger partial charge on any atom is -0.489 e. The number of nitrogens with zero attached hydrogens (tertiary/aromatic N) is 3. The maximum Gasteiger partial charge on any atom is 0.320 e. The summed E-state index contributed by atoms with van der Waals surface area (Å²) in [6.45, 7) is 18.2. The number of carbonyl (C=O) groups excluding carboxylic acids is 1. The SMILES string of the molecule is CCc1cc(NC(C)(C)C#N)cc(F)c1OCCN1C[C@@H](C)N(CC(=O)OC(C)(C)C)[C@@H](C)C1. The van der Waals surface area contributed by atoms with Crippen LogP contribution in [-0.4, -0.2) is 71.8 Å². The van der Waals surface area contributed by atoms with Gasteiger partial charge in [-0.3, -0.25) is 14.6 Å². The van der Waals surface area contributed by atoms with E-state index in [2.05, 4.69) is 35.0 Å². The van der Waals surface area contributed by atoms with Crippen LogP contribution in [0.2, 0.25) is 0 Å². The van der Waals surface area contributed by atoms with Crippen LogP contribution >= 0.6 is 0 Å². The van der Waals surface area contributed by atoms with Gasteiger partial charge in [-0.05, 0) is 66.5 Å². The maximum atomic E-state index is 14.8. The van der Waals surface area contributed by atoms with Crippen molar-refractivity contribution in [3.8, 4) is 11.8 Å². The van der Waals surface area contributed by atoms with Crippen LogP contribution in [0.3, 0.4) is 0 Å². The van der Waals surface area contributed by atoms with Crippen LogP contribution in [0.5, 0.6) is 5.75 Å². The van der Waals surface area contributed by atoms with Gasteiger partial charge in [0.2, 0.25) is 0 Å². The summed E-state index contributed by atoms with van der Waals surface area (Å²) in [5.41, 5.74) is 0.0473. The van der Waals surface area contributed by atoms with Crippen molar-refractivity contribution in [2.75, 3.05) is 38.1 Å². The summed E-state index contributed by atoms with van der Waals surface area (Å²) >= 11 is 0. The van der Waals surface area contributed by atoms with Gasteiger partial charge in [0, 0.05) is 43.5 Å². The molecule has 1 aromatic rings. The zero-order chi connectivity index (χ0) is 25.7. The number of nitrogens with one attached hydrogen (secondary N) is 1. The van der Waals surface area contributed by atoms with Gasteiger partial charge in [0.15, 0.2) is 11.6 Å². The number of carbonyl (C=O) groups is 1. The van der Waals surface area contributed by atoms with Gasteiger partial charge >= 0.3 is 5.97 Å². The van der Waals surface area contributed by atoms with E-state index in [1.54, 1.807) is 13.8 Å². The van der Waals surface area contributed by atoms with Crippen molar-refractivity contribution < 1.29 is 18.7 Å². The Morgan fingerprint density at radius 3 is 2.35 bits per heavy atom. The first-order valence-corrected chi connectivity index (χ1v) is 12.1. The molecule has 2 atom stereocenters. The molecule has 0 unspecified atom stereocenters. The second-order valence-electron chi connectivity index (χ2n) is 10.7. The van der Waals surface area contributed by atoms with Crippen molar-refractivity contribution in [1.82, 2.24) is 9.80 Å². The number of anilines is 1. The second kappa shape index (κ2) is 11.4. The summed E-state index contributed by atoms with van der Waals surface area (Å²) in [5, 5.41) is 12.3. The number of hydrogen-bond acceptors (Lipinski definition) is 7. The van der Waals surface area contributed by atoms with Crippen molar-refractivity contribution in [2.45, 2.75) is 85.0 Å². The normalized spacial score (nSPS) is 20.0. The van der Waals surface area contributed by atoms with Crippen LogP contribution in [0.4, 0.5) is 10.1 Å². The molecule has 1 fully saturated rings. The summed E-state index contributed by atoms with van der Waals surface area (Å²) in [4.78, 5) is 16.7. The molecule has 2 rings (SSSR count). The Kier molecular flexibility index (Phi) is 9.32. The number of piperazine rings is 1. The summed E-state index contributed by atoms with van der Waals surface area (Å²) in [6.07, 6.45) is 0.617. The van der Waals surface area contributed by atoms with Gasteiger partial charge in [-0.25, -0.2) is 4.39 Å². The van der Waals surface area contributed by atoms with Gasteiger partial charge in [0.25, 0.3) is 0 Å². The molecule has 0 spiro atoms. The molecule has 1 saturated heterocycles. The molecule has 34 heavy (non-hydrogen) atoms. The fourth-order valence-electron chi connectivity index (χ4n) is 4.30. The predicted octanol–water partition coefficient (Wildman–Crippen LogP) is 4.22. The molecule has 190 valence electrons. The predicted molar refractivity (Wildman–Crippen MR) is 133 cm³/mol. The number of rotatable bonds is 9. The lowest BCUT2D eigenvalue weighted by molar-refractivity contribution is -0.158. The van der Waals surface area contributed by atoms with Gasteiger partial charge in [0.05, 0.1) is 12.6 Å². The smallest absolute Gasteiger partial charge is 0.320 e. The van der Waals surface area contributed by atoms with Gasteiger partial charge in [0.1, 0.15) is 17.7 Å². The van der Waals surface area contributed by atoms with Crippen LogP contribution < -0.4 is 10.1 Å². The summed E-state index contributed by atoms with van der Waals surface area (Å²) in [5.74, 6) is -0.367. The van der Waals surface area contributed by atoms with Crippen LogP contribution in [0.25, 0.3) is 0 Å². The fourth-order valence-corrected chi connectivity index (χ4v) is 4.30. The number of benzene rings is 1. The lowest BCUT2D eigenvalue weighted by Gasteiger charge is -2.44. The number of halogens is 1. The minimum atomic E-state index is -0.793. The Hall–Kier alpha value is -2.37. The van der Waals surface area contributed by atoms with E-state index in [0.29, 0.717) is 25.3 Å². The quantitative estimate of drug-likeness (QED) is 0.535. The van der Waals surface area contributed by atoms with Crippen LogP contribution in [0.15, 0.2) is 12.1 Å². The van der Waals surface area contributed by atoms with Crippen molar-refractivity contribution in [3.63, 3.8) is 0 Å². The molecule has 1 N–H and O–H groups in total. The highest BCUT2D eigenvalue weighted by atomic mass is 19.1. The van der Waals surface area contributed by atoms with Crippen molar-refractivity contribution in [2.24, 2.45) is 0 Å². The molecule has 8 heteroatoms. The zero-order valence-corrected chi connectivity index (χ0v) is 22.0. The van der Waals surface area contributed by atoms with Gasteiger partial charge in [-0.1, -0.05) is 6.92 Å². The molecular formula is C26H41FN4O3. The van der Waals surface area contributed by atoms with E-state index >= 15 is 0 Å². The molecule has 0 aromatic heterocycles. The lowest BCUT2D eigenvalue weighted by Crippen LogP contribution is -2.58. The monoisotopic (exact) mass is 476 g/mol. The van der Waals surface area contributed by atoms with Crippen LogP contribution in [0, 0.1) is 17.1 Å². The van der Waals surface area contributed by atoms with E-state index in [1.165, 1.54) is 6.07 Å². The third-order valence-electron chi connectivity index (χ3n) is 5.80. The third-order valence-corrected chi connectivity index (χ3v) is 5.80. The highest BCUT2D eigenvalue weighted by molar-refractivity contribution is 5.72. The summed E-state index contributed by atoms with van der Waals surface area (Å²) in [6, 6.07) is 5.77. The molecule has 1 aromatic carbocycles. The fraction of sp³-hybridized carbons (Fsp3) is 0.692. The molecule has 1 aliphatic heterocycles. The van der Waals surface area contributed by atoms with Crippen LogP contribution in [0.1, 0.15) is 61.0 Å². The molecule has 0 bridgehead atoms. The van der Waals surface area contributed by atoms with Gasteiger partial charge in [-0.15, -0.1) is 0 Å². The average molecular weight is 477 g/mol. The molecule has 0 saturated carbocycles. The topological polar surface area (TPSA) is 77.8 Å². The number of nitriles is 1. The highest BCUT2D eigenvalue weighted by Gasteiger charge is 2.32. The first kappa shape index (κ1) is 27.9. The standard InChI is InChI=1S/C26H41FN4O3/c1-9-20-12-21(29-26(7,8)17-28)13-22(27)24(20)33-11-10-30-14-18(2)31(19(3)15-30)16-23(32)34-25(4,5)6/h12-13,18-19,29H,9-11,14-16H2,1-8H3/t18-,19+. The molecule has 1 aliphatic rings. The first-order valence-electron chi connectivity index (χ1n) is 12.1. The zero-order valence-electron chi connectivity index (χ0n) is 22.0. The van der Waals surface area contributed by atoms with Gasteiger partial charge in [-0.2, -0.15) is 5.26 Å². The molecule has 0 radical (unpaired) electrons.